The maximum atomic E-state index is 13.1. The van der Waals surface area contributed by atoms with Crippen LogP contribution in [0.25, 0.3) is 6.08 Å². The first-order valence-corrected chi connectivity index (χ1v) is 13.2. The van der Waals surface area contributed by atoms with Crippen LogP contribution in [0.5, 0.6) is 0 Å². The third-order valence-electron chi connectivity index (χ3n) is 4.99. The molecule has 37 heavy (non-hydrogen) atoms. The summed E-state index contributed by atoms with van der Waals surface area (Å²) in [6.07, 6.45) is 2.06. The zero-order valence-corrected chi connectivity index (χ0v) is 21.6. The predicted octanol–water partition coefficient (Wildman–Crippen LogP) is 0.575. The number of aromatic nitrogens is 3. The number of ether oxygens (including phenoxy) is 2. The Labute approximate surface area is 221 Å². The summed E-state index contributed by atoms with van der Waals surface area (Å²) in [5.74, 6) is -2.68. The summed E-state index contributed by atoms with van der Waals surface area (Å²) in [5.41, 5.74) is 6.18. The molecule has 2 amide bonds. The summed E-state index contributed by atoms with van der Waals surface area (Å²) in [7, 11) is 0. The number of esters is 2. The summed E-state index contributed by atoms with van der Waals surface area (Å²) < 4.78 is 13.9. The minimum absolute atomic E-state index is 0.0509. The van der Waals surface area contributed by atoms with E-state index in [1.54, 1.807) is 17.5 Å². The normalized spacial score (nSPS) is 20.3. The monoisotopic (exact) mass is 565 g/mol. The number of hydrogen-bond donors (Lipinski definition) is 3. The van der Waals surface area contributed by atoms with Gasteiger partial charge < -0.3 is 25.7 Å². The van der Waals surface area contributed by atoms with Gasteiger partial charge in [0.05, 0.1) is 5.69 Å². The number of carbonyl (C=O) groups is 4. The minimum atomic E-state index is -1.20. The van der Waals surface area contributed by atoms with E-state index >= 15 is 0 Å². The molecule has 2 aliphatic rings. The molecule has 194 valence electrons. The van der Waals surface area contributed by atoms with E-state index < -0.39 is 47.2 Å². The van der Waals surface area contributed by atoms with Crippen LogP contribution in [0, 0.1) is 0 Å². The molecule has 2 aromatic heterocycles. The van der Waals surface area contributed by atoms with Crippen LogP contribution in [0.2, 0.25) is 0 Å². The molecule has 0 saturated carbocycles. The van der Waals surface area contributed by atoms with Crippen molar-refractivity contribution in [1.29, 1.82) is 0 Å². The maximum absolute atomic E-state index is 13.1. The highest BCUT2D eigenvalue weighted by Crippen LogP contribution is 2.41. The number of β-lactam (4-membered cyclic amide) rings is 1. The second-order valence-electron chi connectivity index (χ2n) is 7.50. The highest BCUT2D eigenvalue weighted by molar-refractivity contribution is 8.00. The number of thiazole rings is 1. The Balaban J connectivity index is 1.56. The molecule has 0 aliphatic carbocycles. The third-order valence-corrected chi connectivity index (χ3v) is 7.49. The first-order chi connectivity index (χ1) is 17.7. The largest absolute Gasteiger partial charge is 0.426 e. The van der Waals surface area contributed by atoms with E-state index in [9.17, 15) is 24.4 Å². The third kappa shape index (κ3) is 5.62. The number of nitrogens with two attached hydrogens (primary N) is 1. The Hall–Kier alpha value is -3.83. The van der Waals surface area contributed by atoms with Gasteiger partial charge in [-0.25, -0.2) is 9.78 Å². The van der Waals surface area contributed by atoms with Crippen molar-refractivity contribution in [3.05, 3.63) is 39.5 Å². The van der Waals surface area contributed by atoms with Gasteiger partial charge in [0.1, 0.15) is 22.8 Å². The van der Waals surface area contributed by atoms with E-state index in [-0.39, 0.29) is 22.3 Å². The molecule has 1 fully saturated rings. The number of anilines is 1. The molecule has 0 radical (unpaired) electrons. The topological polar surface area (TPSA) is 199 Å². The fourth-order valence-electron chi connectivity index (χ4n) is 3.47. The highest BCUT2D eigenvalue weighted by Gasteiger charge is 2.54. The fourth-order valence-corrected chi connectivity index (χ4v) is 5.76. The molecule has 2 aromatic rings. The van der Waals surface area contributed by atoms with Crippen LogP contribution < -0.4 is 11.1 Å². The van der Waals surface area contributed by atoms with Gasteiger partial charge in [0, 0.05) is 30.4 Å². The number of allylic oxidation sites excluding steroid dienone is 1. The lowest BCUT2D eigenvalue weighted by atomic mass is 10.0. The van der Waals surface area contributed by atoms with Gasteiger partial charge in [-0.2, -0.15) is 0 Å². The van der Waals surface area contributed by atoms with Crippen LogP contribution in [0.3, 0.4) is 0 Å². The van der Waals surface area contributed by atoms with Crippen LogP contribution in [0.15, 0.2) is 33.3 Å². The van der Waals surface area contributed by atoms with Crippen molar-refractivity contribution in [1.82, 2.24) is 24.8 Å². The average molecular weight is 566 g/mol. The Morgan fingerprint density at radius 2 is 2.11 bits per heavy atom. The second-order valence-corrected chi connectivity index (χ2v) is 10.1. The zero-order valence-electron chi connectivity index (χ0n) is 19.2. The van der Waals surface area contributed by atoms with E-state index in [4.69, 9.17) is 15.2 Å². The van der Waals surface area contributed by atoms with Crippen molar-refractivity contribution in [3.8, 4) is 0 Å². The Morgan fingerprint density at radius 1 is 1.32 bits per heavy atom. The van der Waals surface area contributed by atoms with Crippen molar-refractivity contribution in [2.24, 2.45) is 5.16 Å². The molecule has 0 bridgehead atoms. The van der Waals surface area contributed by atoms with Crippen LogP contribution in [0.1, 0.15) is 25.2 Å². The summed E-state index contributed by atoms with van der Waals surface area (Å²) >= 11 is 3.50. The number of thioether (sulfide) groups is 1. The summed E-state index contributed by atoms with van der Waals surface area (Å²) in [6, 6.07) is -1.02. The zero-order chi connectivity index (χ0) is 26.7. The number of hydrogen-bond acceptors (Lipinski definition) is 15. The van der Waals surface area contributed by atoms with Crippen LogP contribution in [-0.4, -0.2) is 77.6 Å². The lowest BCUT2D eigenvalue weighted by Gasteiger charge is -2.49. The lowest BCUT2D eigenvalue weighted by Crippen LogP contribution is -2.71. The quantitative estimate of drug-likeness (QED) is 0.101. The van der Waals surface area contributed by atoms with Gasteiger partial charge >= 0.3 is 11.9 Å². The molecule has 4 N–H and O–H groups in total. The van der Waals surface area contributed by atoms with E-state index in [0.717, 1.165) is 22.9 Å². The van der Waals surface area contributed by atoms with Gasteiger partial charge in [-0.3, -0.25) is 19.3 Å². The van der Waals surface area contributed by atoms with E-state index in [1.807, 2.05) is 0 Å². The predicted molar refractivity (Wildman–Crippen MR) is 133 cm³/mol. The van der Waals surface area contributed by atoms with Crippen molar-refractivity contribution >= 4 is 75.3 Å². The molecular weight excluding hydrogens is 546 g/mol. The summed E-state index contributed by atoms with van der Waals surface area (Å²) in [4.78, 5) is 55.3. The smallest absolute Gasteiger partial charge is 0.358 e. The Morgan fingerprint density at radius 3 is 2.73 bits per heavy atom. The molecule has 17 heteroatoms. The van der Waals surface area contributed by atoms with Gasteiger partial charge in [0.25, 0.3) is 11.8 Å². The van der Waals surface area contributed by atoms with E-state index in [0.29, 0.717) is 11.3 Å². The number of carbonyl (C=O) groups excluding carboxylic acids is 4. The number of nitrogens with zero attached hydrogens (tertiary/aromatic N) is 5. The molecule has 0 aromatic carbocycles. The summed E-state index contributed by atoms with van der Waals surface area (Å²) in [5, 5.41) is 21.4. The number of rotatable bonds is 8. The lowest BCUT2D eigenvalue weighted by molar-refractivity contribution is -0.182. The van der Waals surface area contributed by atoms with Crippen LogP contribution >= 0.6 is 34.6 Å². The van der Waals surface area contributed by atoms with Gasteiger partial charge in [-0.05, 0) is 23.2 Å². The van der Waals surface area contributed by atoms with Gasteiger partial charge in [-0.15, -0.1) is 28.2 Å². The van der Waals surface area contributed by atoms with Gasteiger partial charge in [0.15, 0.2) is 10.8 Å². The van der Waals surface area contributed by atoms with E-state index in [1.165, 1.54) is 35.9 Å². The molecule has 3 atom stereocenters. The average Bonchev–Trinajstić information content (AvgIpc) is 3.52. The molecule has 4 heterocycles. The first kappa shape index (κ1) is 26.2. The minimum Gasteiger partial charge on any atom is -0.426 e. The number of amides is 2. The number of oxime groups is 1. The molecular formula is C20H19N7O7S3. The SMILES string of the molecule is CC(=O)OC(C)OC(=O)C1=C(/C=C\c2csnn2)CS[C@@H]2C(NC(=O)/C(=N\O)c3csc(N)n3)C(=O)N12. The molecule has 2 aliphatic heterocycles. The van der Waals surface area contributed by atoms with Crippen molar-refractivity contribution in [2.45, 2.75) is 31.6 Å². The molecule has 14 nitrogen and oxygen atoms in total. The molecule has 2 unspecified atom stereocenters. The summed E-state index contributed by atoms with van der Waals surface area (Å²) in [6.45, 7) is 2.54. The number of nitrogens with one attached hydrogen (secondary N) is 1. The fraction of sp³-hybridized carbons (Fsp3) is 0.300. The first-order valence-electron chi connectivity index (χ1n) is 10.4. The highest BCUT2D eigenvalue weighted by atomic mass is 32.2. The maximum Gasteiger partial charge on any atom is 0.358 e. The van der Waals surface area contributed by atoms with E-state index in [2.05, 4.69) is 25.0 Å². The Bertz CT molecular complexity index is 1320. The molecule has 1 saturated heterocycles. The molecule has 4 rings (SSSR count). The van der Waals surface area contributed by atoms with Crippen LogP contribution in [-0.2, 0) is 28.7 Å². The van der Waals surface area contributed by atoms with Gasteiger partial charge in [0.2, 0.25) is 6.29 Å². The Kier molecular flexibility index (Phi) is 7.84. The second kappa shape index (κ2) is 11.1. The number of nitrogen functional groups attached to an aromatic ring is 1. The standard InChI is InChI=1S/C20H19N7O7S3/c1-8(28)33-9(2)34-19(31)15-10(3-4-11-6-37-26-24-11)5-35-18-14(17(30)27(15)18)23-16(29)13(25-32)12-7-36-20(21)22-12/h3-4,6-7,9,14,18,32H,5H2,1-2H3,(H2,21,22)(H,23,29)/b4-3-,25-13-/t9?,14?,18-/m1/s1. The molecule has 0 spiro atoms. The van der Waals surface area contributed by atoms with Crippen molar-refractivity contribution < 1.29 is 33.9 Å². The van der Waals surface area contributed by atoms with Crippen molar-refractivity contribution in [2.75, 3.05) is 11.5 Å². The number of fused-ring (bicyclic) bond motifs is 1. The van der Waals surface area contributed by atoms with Crippen LogP contribution in [0.4, 0.5) is 5.13 Å². The van der Waals surface area contributed by atoms with Crippen molar-refractivity contribution in [3.63, 3.8) is 0 Å². The van der Waals surface area contributed by atoms with Gasteiger partial charge in [-0.1, -0.05) is 15.7 Å².